The number of oxime groups is 1. The number of aliphatic hydroxyl groups is 2. The van der Waals surface area contributed by atoms with Gasteiger partial charge in [0.15, 0.2) is 11.5 Å². The van der Waals surface area contributed by atoms with Crippen LogP contribution in [0.25, 0.3) is 0 Å². The first-order valence-electron chi connectivity index (χ1n) is 21.9. The van der Waals surface area contributed by atoms with E-state index in [0.717, 1.165) is 47.9 Å². The molecule has 14 heteroatoms. The summed E-state index contributed by atoms with van der Waals surface area (Å²) in [6, 6.07) is 19.7. The highest BCUT2D eigenvalue weighted by molar-refractivity contribution is 6.03. The molecule has 2 amide bonds. The van der Waals surface area contributed by atoms with E-state index >= 15 is 0 Å². The number of hydrogen-bond donors (Lipinski definition) is 3. The van der Waals surface area contributed by atoms with Gasteiger partial charge in [0.05, 0.1) is 24.8 Å². The third kappa shape index (κ3) is 10.2. The Hall–Kier alpha value is -5.83. The SMILES string of the molecule is C=CCCOC(=O)N(Cc1ccc2c(c1)OCO2)C1CC(=NOC)C2=CC(CCCCO)C(CCCCO)C3c4cc(OC(=O)NCc5ccccc5)ccc4OC1(OCC=C)C23. The number of nitrogens with one attached hydrogen (secondary N) is 1. The van der Waals surface area contributed by atoms with Crippen LogP contribution in [0.3, 0.4) is 0 Å². The maximum Gasteiger partial charge on any atom is 0.412 e. The lowest BCUT2D eigenvalue weighted by Crippen LogP contribution is -2.70. The van der Waals surface area contributed by atoms with E-state index in [9.17, 15) is 19.8 Å². The number of allylic oxidation sites excluding steroid dienone is 1. The zero-order valence-corrected chi connectivity index (χ0v) is 36.0. The van der Waals surface area contributed by atoms with Crippen LogP contribution in [0.5, 0.6) is 23.0 Å². The molecular formula is C49H59N3O11. The smallest absolute Gasteiger partial charge is 0.412 e. The highest BCUT2D eigenvalue weighted by Crippen LogP contribution is 2.62. The molecule has 3 aromatic rings. The van der Waals surface area contributed by atoms with E-state index in [1.165, 1.54) is 7.11 Å². The van der Waals surface area contributed by atoms with Gasteiger partial charge in [-0.3, -0.25) is 4.90 Å². The van der Waals surface area contributed by atoms with Crippen molar-refractivity contribution in [1.82, 2.24) is 10.2 Å². The van der Waals surface area contributed by atoms with E-state index < -0.39 is 29.9 Å². The molecule has 3 N–H and O–H groups in total. The van der Waals surface area contributed by atoms with E-state index in [4.69, 9.17) is 33.3 Å². The molecular weight excluding hydrogens is 807 g/mol. The minimum absolute atomic E-state index is 0.0144. The minimum atomic E-state index is -1.53. The molecule has 0 bridgehead atoms. The van der Waals surface area contributed by atoms with E-state index in [0.29, 0.717) is 54.5 Å². The van der Waals surface area contributed by atoms with Crippen LogP contribution >= 0.6 is 0 Å². The molecule has 1 saturated carbocycles. The summed E-state index contributed by atoms with van der Waals surface area (Å²) >= 11 is 0. The molecule has 1 fully saturated rings. The van der Waals surface area contributed by atoms with Crippen LogP contribution in [0.1, 0.15) is 74.0 Å². The van der Waals surface area contributed by atoms with E-state index in [1.807, 2.05) is 54.6 Å². The van der Waals surface area contributed by atoms with Gasteiger partial charge in [-0.15, -0.1) is 13.2 Å². The van der Waals surface area contributed by atoms with E-state index in [2.05, 4.69) is 29.7 Å². The van der Waals surface area contributed by atoms with Crippen molar-refractivity contribution in [2.45, 2.75) is 82.2 Å². The number of carbonyl (C=O) groups is 2. The maximum atomic E-state index is 14.6. The van der Waals surface area contributed by atoms with Gasteiger partial charge in [-0.1, -0.05) is 72.6 Å². The topological polar surface area (TPSA) is 167 Å². The number of unbranched alkanes of at least 4 members (excludes halogenated alkanes) is 2. The Balaban J connectivity index is 1.38. The predicted octanol–water partition coefficient (Wildman–Crippen LogP) is 8.18. The van der Waals surface area contributed by atoms with Crippen LogP contribution in [-0.2, 0) is 27.4 Å². The number of hydrogen-bond acceptors (Lipinski definition) is 12. The van der Waals surface area contributed by atoms with Gasteiger partial charge in [-0.25, -0.2) is 9.59 Å². The molecule has 7 rings (SSSR count). The van der Waals surface area contributed by atoms with Crippen molar-refractivity contribution in [3.63, 3.8) is 0 Å². The van der Waals surface area contributed by atoms with Gasteiger partial charge in [-0.2, -0.15) is 0 Å². The van der Waals surface area contributed by atoms with Gasteiger partial charge in [0.2, 0.25) is 12.6 Å². The second kappa shape index (κ2) is 21.5. The summed E-state index contributed by atoms with van der Waals surface area (Å²) in [5, 5.41) is 27.3. The Labute approximate surface area is 369 Å². The molecule has 6 atom stereocenters. The fourth-order valence-corrected chi connectivity index (χ4v) is 9.59. The van der Waals surface area contributed by atoms with Gasteiger partial charge in [0, 0.05) is 44.2 Å². The van der Waals surface area contributed by atoms with Crippen LogP contribution in [0.2, 0.25) is 0 Å². The number of benzene rings is 3. The molecule has 3 aromatic carbocycles. The summed E-state index contributed by atoms with van der Waals surface area (Å²) in [6.45, 7) is 8.62. The Morgan fingerprint density at radius 1 is 0.937 bits per heavy atom. The third-order valence-electron chi connectivity index (χ3n) is 12.3. The molecule has 6 unspecified atom stereocenters. The number of amides is 2. The first kappa shape index (κ1) is 45.2. The summed E-state index contributed by atoms with van der Waals surface area (Å²) in [5.74, 6) is -0.432. The average Bonchev–Trinajstić information content (AvgIpc) is 3.77. The molecule has 0 spiro atoms. The minimum Gasteiger partial charge on any atom is -0.459 e. The van der Waals surface area contributed by atoms with Gasteiger partial charge in [-0.05, 0) is 91.0 Å². The van der Waals surface area contributed by atoms with Gasteiger partial charge in [0.1, 0.15) is 24.7 Å². The van der Waals surface area contributed by atoms with Crippen molar-refractivity contribution >= 4 is 17.9 Å². The number of aliphatic hydroxyl groups excluding tert-OH is 2. The lowest BCUT2D eigenvalue weighted by Gasteiger charge is -2.59. The molecule has 0 radical (unpaired) electrons. The molecule has 2 aliphatic heterocycles. The second-order valence-corrected chi connectivity index (χ2v) is 16.2. The van der Waals surface area contributed by atoms with Crippen molar-refractivity contribution in [3.05, 3.63) is 120 Å². The van der Waals surface area contributed by atoms with Gasteiger partial charge >= 0.3 is 12.2 Å². The standard InChI is InChI=1S/C49H59N3O11/c1-4-6-25-58-48(56)52(31-34-18-20-42-43(26-34)60-32-59-42)44-29-40(51-57-3)38-27-35(16-10-12-22-53)37(17-11-13-23-54)45-39-28-36(62-47(55)50-30-33-14-8-7-9-15-33)19-21-41(39)63-49(44,46(38)45)61-24-5-2/h4-5,7-9,14-15,18-21,26-28,35,37,44-46,53-54H,1-2,6,10-13,16-17,22-25,29-32H2,3H3,(H,50,55). The fraction of sp³-hybridized carbons (Fsp3) is 0.449. The molecule has 2 heterocycles. The second-order valence-electron chi connectivity index (χ2n) is 16.2. The number of nitrogens with zero attached hydrogens (tertiary/aromatic N) is 2. The molecule has 4 aliphatic rings. The van der Waals surface area contributed by atoms with Gasteiger partial charge < -0.3 is 48.8 Å². The number of ether oxygens (including phenoxy) is 6. The molecule has 0 aromatic heterocycles. The average molecular weight is 866 g/mol. The van der Waals surface area contributed by atoms with Crippen LogP contribution in [0.15, 0.2) is 109 Å². The molecule has 2 aliphatic carbocycles. The van der Waals surface area contributed by atoms with Crippen molar-refractivity contribution in [3.8, 4) is 23.0 Å². The Kier molecular flexibility index (Phi) is 15.4. The number of rotatable bonds is 21. The number of fused-ring (bicyclic) bond motifs is 3. The summed E-state index contributed by atoms with van der Waals surface area (Å²) < 4.78 is 37.6. The highest BCUT2D eigenvalue weighted by atomic mass is 16.7. The summed E-state index contributed by atoms with van der Waals surface area (Å²) in [4.78, 5) is 35.1. The zero-order valence-electron chi connectivity index (χ0n) is 36.0. The third-order valence-corrected chi connectivity index (χ3v) is 12.3. The Bertz CT molecular complexity index is 2130. The van der Waals surface area contributed by atoms with Crippen molar-refractivity contribution in [2.75, 3.05) is 40.3 Å². The maximum absolute atomic E-state index is 14.6. The first-order chi connectivity index (χ1) is 30.8. The molecule has 63 heavy (non-hydrogen) atoms. The predicted molar refractivity (Wildman–Crippen MR) is 236 cm³/mol. The van der Waals surface area contributed by atoms with Crippen LogP contribution in [0.4, 0.5) is 9.59 Å². The summed E-state index contributed by atoms with van der Waals surface area (Å²) in [6.07, 6.45) is 9.35. The van der Waals surface area contributed by atoms with Crippen LogP contribution in [0, 0.1) is 17.8 Å². The van der Waals surface area contributed by atoms with Crippen molar-refractivity contribution in [1.29, 1.82) is 0 Å². The fourth-order valence-electron chi connectivity index (χ4n) is 9.59. The summed E-state index contributed by atoms with van der Waals surface area (Å²) in [7, 11) is 1.50. The quantitative estimate of drug-likeness (QED) is 0.0537. The molecule has 336 valence electrons. The van der Waals surface area contributed by atoms with Crippen molar-refractivity contribution in [2.24, 2.45) is 22.9 Å². The zero-order chi connectivity index (χ0) is 44.2. The highest BCUT2D eigenvalue weighted by Gasteiger charge is 2.65. The molecule has 0 saturated heterocycles. The monoisotopic (exact) mass is 865 g/mol. The van der Waals surface area contributed by atoms with Gasteiger partial charge in [0.25, 0.3) is 0 Å². The molecule has 14 nitrogen and oxygen atoms in total. The Morgan fingerprint density at radius 3 is 2.48 bits per heavy atom. The van der Waals surface area contributed by atoms with E-state index in [-0.39, 0.29) is 63.9 Å². The number of carbonyl (C=O) groups excluding carboxylic acids is 2. The Morgan fingerprint density at radius 2 is 1.71 bits per heavy atom. The first-order valence-corrected chi connectivity index (χ1v) is 21.9. The largest absolute Gasteiger partial charge is 0.459 e. The lowest BCUT2D eigenvalue weighted by atomic mass is 9.55. The van der Waals surface area contributed by atoms with E-state index in [1.54, 1.807) is 29.2 Å². The lowest BCUT2D eigenvalue weighted by molar-refractivity contribution is -0.256. The van der Waals surface area contributed by atoms with Crippen molar-refractivity contribution < 1.29 is 53.1 Å². The summed E-state index contributed by atoms with van der Waals surface area (Å²) in [5.41, 5.74) is 4.01. The normalized spacial score (nSPS) is 23.3. The van der Waals surface area contributed by atoms with Crippen LogP contribution < -0.4 is 24.3 Å². The van der Waals surface area contributed by atoms with Crippen LogP contribution in [-0.4, -0.2) is 85.2 Å².